The topological polar surface area (TPSA) is 0 Å². The molecular formula is C18H42. The van der Waals surface area contributed by atoms with Gasteiger partial charge in [0.25, 0.3) is 0 Å². The number of rotatable bonds is 8. The molecule has 0 N–H and O–H groups in total. The lowest BCUT2D eigenvalue weighted by Crippen LogP contribution is -1.76. The van der Waals surface area contributed by atoms with Gasteiger partial charge in [0.05, 0.1) is 0 Å². The lowest BCUT2D eigenvalue weighted by Gasteiger charge is -1.93. The van der Waals surface area contributed by atoms with Crippen LogP contribution < -0.4 is 0 Å². The van der Waals surface area contributed by atoms with Gasteiger partial charge in [0.1, 0.15) is 0 Å². The lowest BCUT2D eigenvalue weighted by molar-refractivity contribution is 0.674. The fraction of sp³-hybridized carbons (Fsp3) is 0.889. The Bertz CT molecular complexity index is 131. The molecule has 0 aromatic heterocycles. The van der Waals surface area contributed by atoms with E-state index in [2.05, 4.69) is 25.7 Å². The molecule has 0 aliphatic rings. The smallest absolute Gasteiger partial charge is 0.00886 e. The Morgan fingerprint density at radius 1 is 0.500 bits per heavy atom. The van der Waals surface area contributed by atoms with Crippen LogP contribution in [-0.4, -0.2) is 0 Å². The molecule has 0 saturated heterocycles. The normalized spacial score (nSPS) is 7.44. The summed E-state index contributed by atoms with van der Waals surface area (Å²) in [6.45, 7) is 4.50. The summed E-state index contributed by atoms with van der Waals surface area (Å²) < 4.78 is 0. The summed E-state index contributed by atoms with van der Waals surface area (Å²) in [4.78, 5) is 0. The second-order valence-electron chi connectivity index (χ2n) is 3.97. The molecule has 0 aliphatic carbocycles. The van der Waals surface area contributed by atoms with E-state index in [0.717, 1.165) is 12.8 Å². The van der Waals surface area contributed by atoms with Gasteiger partial charge in [-0.3, -0.25) is 0 Å². The summed E-state index contributed by atoms with van der Waals surface area (Å²) in [5.74, 6) is 6.54. The Hall–Kier alpha value is -0.440. The highest BCUT2D eigenvalue weighted by Crippen LogP contribution is 2.03. The van der Waals surface area contributed by atoms with Gasteiger partial charge in [0.15, 0.2) is 0 Å². The van der Waals surface area contributed by atoms with E-state index in [-0.39, 0.29) is 29.7 Å². The highest BCUT2D eigenvalue weighted by atomic mass is 13.9. The van der Waals surface area contributed by atoms with Crippen LogP contribution in [0.1, 0.15) is 108 Å². The van der Waals surface area contributed by atoms with Gasteiger partial charge >= 0.3 is 0 Å². The summed E-state index contributed by atoms with van der Waals surface area (Å²) >= 11 is 0. The first-order valence-electron chi connectivity index (χ1n) is 6.37. The van der Waals surface area contributed by atoms with Gasteiger partial charge in [-0.05, 0) is 12.8 Å². The van der Waals surface area contributed by atoms with Gasteiger partial charge in [0, 0.05) is 12.8 Å². The van der Waals surface area contributed by atoms with E-state index in [1.807, 2.05) is 0 Å². The molecule has 0 rings (SSSR count). The molecule has 0 aromatic carbocycles. The molecule has 0 bridgehead atoms. The van der Waals surface area contributed by atoms with E-state index < -0.39 is 0 Å². The molecule has 0 nitrogen and oxygen atoms in total. The minimum atomic E-state index is 0. The van der Waals surface area contributed by atoms with Crippen molar-refractivity contribution >= 4 is 0 Å². The van der Waals surface area contributed by atoms with Crippen LogP contribution in [0.3, 0.4) is 0 Å². The van der Waals surface area contributed by atoms with Crippen LogP contribution in [0.25, 0.3) is 0 Å². The molecule has 0 fully saturated rings. The van der Waals surface area contributed by atoms with E-state index in [1.54, 1.807) is 0 Å². The summed E-state index contributed by atoms with van der Waals surface area (Å²) in [6.07, 6.45) is 13.0. The van der Waals surface area contributed by atoms with Crippen LogP contribution in [0.15, 0.2) is 0 Å². The summed E-state index contributed by atoms with van der Waals surface area (Å²) in [5, 5.41) is 0. The Kier molecular flexibility index (Phi) is 50.9. The average Bonchev–Trinajstić information content (AvgIpc) is 2.21. The third-order valence-electron chi connectivity index (χ3n) is 2.44. The molecule has 18 heavy (non-hydrogen) atoms. The molecule has 0 saturated carbocycles. The highest BCUT2D eigenvalue weighted by Gasteiger charge is 1.85. The van der Waals surface area contributed by atoms with Gasteiger partial charge in [-0.25, -0.2) is 0 Å². The fourth-order valence-corrected chi connectivity index (χ4v) is 1.46. The summed E-state index contributed by atoms with van der Waals surface area (Å²) in [6, 6.07) is 0. The molecule has 0 aromatic rings. The van der Waals surface area contributed by atoms with E-state index in [0.29, 0.717) is 0 Å². The standard InChI is InChI=1S/C14H26.4CH4/c1-3-5-7-9-11-13-14-12-10-8-6-4-2;;;;/h3-12H2,1-2H3;4*1H4. The predicted molar refractivity (Wildman–Crippen MR) is 92.2 cm³/mol. The quantitative estimate of drug-likeness (QED) is 0.313. The molecule has 0 heterocycles. The maximum absolute atomic E-state index is 3.27. The van der Waals surface area contributed by atoms with Gasteiger partial charge in [-0.2, -0.15) is 0 Å². The van der Waals surface area contributed by atoms with Crippen molar-refractivity contribution in [2.75, 3.05) is 0 Å². The van der Waals surface area contributed by atoms with Gasteiger partial charge in [0.2, 0.25) is 0 Å². The first-order chi connectivity index (χ1) is 6.91. The molecule has 0 amide bonds. The van der Waals surface area contributed by atoms with Crippen molar-refractivity contribution in [1.82, 2.24) is 0 Å². The van der Waals surface area contributed by atoms with Crippen LogP contribution in [-0.2, 0) is 0 Å². The van der Waals surface area contributed by atoms with Gasteiger partial charge in [-0.15, -0.1) is 11.8 Å². The minimum Gasteiger partial charge on any atom is -0.103 e. The first kappa shape index (κ1) is 30.5. The molecule has 0 unspecified atom stereocenters. The first-order valence-corrected chi connectivity index (χ1v) is 6.37. The zero-order valence-corrected chi connectivity index (χ0v) is 10.1. The zero-order valence-electron chi connectivity index (χ0n) is 10.1. The van der Waals surface area contributed by atoms with Crippen LogP contribution in [0.4, 0.5) is 0 Å². The minimum absolute atomic E-state index is 0. The van der Waals surface area contributed by atoms with Crippen LogP contribution in [0.2, 0.25) is 0 Å². The van der Waals surface area contributed by atoms with Crippen molar-refractivity contribution in [2.24, 2.45) is 0 Å². The van der Waals surface area contributed by atoms with Crippen molar-refractivity contribution < 1.29 is 0 Å². The summed E-state index contributed by atoms with van der Waals surface area (Å²) in [5.41, 5.74) is 0. The van der Waals surface area contributed by atoms with E-state index in [1.165, 1.54) is 51.4 Å². The van der Waals surface area contributed by atoms with Crippen LogP contribution in [0, 0.1) is 11.8 Å². The number of hydrogen-bond donors (Lipinski definition) is 0. The van der Waals surface area contributed by atoms with Crippen LogP contribution >= 0.6 is 0 Å². The Morgan fingerprint density at radius 2 is 0.833 bits per heavy atom. The molecule has 0 radical (unpaired) electrons. The van der Waals surface area contributed by atoms with Gasteiger partial charge < -0.3 is 0 Å². The molecule has 0 spiro atoms. The fourth-order valence-electron chi connectivity index (χ4n) is 1.46. The van der Waals surface area contributed by atoms with Crippen molar-refractivity contribution in [3.8, 4) is 11.8 Å². The maximum Gasteiger partial charge on any atom is 0.00886 e. The maximum atomic E-state index is 3.27. The third kappa shape index (κ3) is 29.6. The summed E-state index contributed by atoms with van der Waals surface area (Å²) in [7, 11) is 0. The Balaban J connectivity index is -0.000000141. The lowest BCUT2D eigenvalue weighted by atomic mass is 10.1. The molecule has 0 aliphatic heterocycles. The van der Waals surface area contributed by atoms with Gasteiger partial charge in [-0.1, -0.05) is 82.1 Å². The van der Waals surface area contributed by atoms with Crippen LogP contribution in [0.5, 0.6) is 0 Å². The second kappa shape index (κ2) is 30.0. The molecule has 114 valence electrons. The molecule has 0 heteroatoms. The predicted octanol–water partition coefficient (Wildman–Crippen LogP) is 7.48. The largest absolute Gasteiger partial charge is 0.103 e. The van der Waals surface area contributed by atoms with Crippen molar-refractivity contribution in [3.05, 3.63) is 0 Å². The third-order valence-corrected chi connectivity index (χ3v) is 2.44. The second-order valence-corrected chi connectivity index (χ2v) is 3.97. The number of unbranched alkanes of at least 4 members (excludes halogenated alkanes) is 8. The molecular weight excluding hydrogens is 216 g/mol. The van der Waals surface area contributed by atoms with E-state index >= 15 is 0 Å². The number of hydrogen-bond acceptors (Lipinski definition) is 0. The SMILES string of the molecule is C.C.C.C.CCCCCCC#CCCCCCC. The highest BCUT2D eigenvalue weighted by molar-refractivity contribution is 4.98. The van der Waals surface area contributed by atoms with E-state index in [4.69, 9.17) is 0 Å². The zero-order chi connectivity index (χ0) is 10.5. The van der Waals surface area contributed by atoms with Crippen molar-refractivity contribution in [2.45, 2.75) is 108 Å². The van der Waals surface area contributed by atoms with Crippen molar-refractivity contribution in [1.29, 1.82) is 0 Å². The average molecular weight is 259 g/mol. The van der Waals surface area contributed by atoms with E-state index in [9.17, 15) is 0 Å². The Morgan fingerprint density at radius 3 is 1.11 bits per heavy atom. The van der Waals surface area contributed by atoms with Crippen molar-refractivity contribution in [3.63, 3.8) is 0 Å². The molecule has 0 atom stereocenters. The monoisotopic (exact) mass is 258 g/mol. The Labute approximate surface area is 120 Å².